The molecule has 0 saturated carbocycles. The highest BCUT2D eigenvalue weighted by molar-refractivity contribution is 9.10. The molecule has 1 aromatic heterocycles. The quantitative estimate of drug-likeness (QED) is 0.835. The second-order valence-corrected chi connectivity index (χ2v) is 6.91. The lowest BCUT2D eigenvalue weighted by molar-refractivity contribution is 0.526. The normalized spacial score (nSPS) is 12.9. The van der Waals surface area contributed by atoms with Gasteiger partial charge >= 0.3 is 0 Å². The van der Waals surface area contributed by atoms with Gasteiger partial charge in [0.15, 0.2) is 0 Å². The Bertz CT molecular complexity index is 568. The molecule has 0 aliphatic rings. The van der Waals surface area contributed by atoms with Gasteiger partial charge in [0.25, 0.3) is 0 Å². The maximum absolute atomic E-state index is 6.06. The van der Waals surface area contributed by atoms with E-state index in [9.17, 15) is 0 Å². The number of halogens is 2. The Morgan fingerprint density at radius 2 is 2.11 bits per heavy atom. The third kappa shape index (κ3) is 3.78. The monoisotopic (exact) mass is 358 g/mol. The number of benzene rings is 1. The molecule has 0 bridgehead atoms. The lowest BCUT2D eigenvalue weighted by Crippen LogP contribution is -2.28. The molecule has 1 N–H and O–H groups in total. The molecule has 2 aromatic rings. The molecule has 0 saturated heterocycles. The van der Waals surface area contributed by atoms with Gasteiger partial charge in [-0.2, -0.15) is 0 Å². The Morgan fingerprint density at radius 3 is 2.63 bits per heavy atom. The zero-order valence-electron chi connectivity index (χ0n) is 11.1. The van der Waals surface area contributed by atoms with Crippen molar-refractivity contribution in [3.63, 3.8) is 0 Å². The van der Waals surface area contributed by atoms with Crippen LogP contribution in [0.3, 0.4) is 0 Å². The van der Waals surface area contributed by atoms with E-state index in [1.54, 1.807) is 11.3 Å². The number of nitrogens with zero attached hydrogens (tertiary/aromatic N) is 1. The molecular weight excluding hydrogens is 344 g/mol. The zero-order valence-corrected chi connectivity index (χ0v) is 14.2. The molecule has 2 nitrogen and oxygen atoms in total. The molecule has 5 heteroatoms. The molecule has 0 aliphatic heterocycles. The van der Waals surface area contributed by atoms with E-state index in [4.69, 9.17) is 11.6 Å². The largest absolute Gasteiger partial charge is 0.302 e. The van der Waals surface area contributed by atoms with Crippen molar-refractivity contribution in [1.82, 2.24) is 10.3 Å². The van der Waals surface area contributed by atoms with E-state index in [2.05, 4.69) is 51.5 Å². The average molecular weight is 360 g/mol. The number of hydrogen-bond donors (Lipinski definition) is 1. The number of thiazole rings is 1. The second-order valence-electron chi connectivity index (χ2n) is 4.76. The van der Waals surface area contributed by atoms with Crippen LogP contribution < -0.4 is 5.32 Å². The van der Waals surface area contributed by atoms with Crippen molar-refractivity contribution in [2.75, 3.05) is 0 Å². The smallest absolute Gasteiger partial charge is 0.114 e. The van der Waals surface area contributed by atoms with E-state index in [0.29, 0.717) is 6.04 Å². The van der Waals surface area contributed by atoms with E-state index in [1.807, 2.05) is 19.1 Å². The summed E-state index contributed by atoms with van der Waals surface area (Å²) in [4.78, 5) is 4.60. The molecule has 1 aromatic carbocycles. The van der Waals surface area contributed by atoms with Crippen molar-refractivity contribution in [2.24, 2.45) is 0 Å². The van der Waals surface area contributed by atoms with Gasteiger partial charge in [-0.1, -0.05) is 17.7 Å². The number of hydrogen-bond acceptors (Lipinski definition) is 3. The van der Waals surface area contributed by atoms with Gasteiger partial charge in [0, 0.05) is 21.6 Å². The van der Waals surface area contributed by atoms with Gasteiger partial charge < -0.3 is 5.32 Å². The highest BCUT2D eigenvalue weighted by Gasteiger charge is 2.19. The Labute approximate surface area is 131 Å². The van der Waals surface area contributed by atoms with Crippen molar-refractivity contribution in [3.8, 4) is 0 Å². The topological polar surface area (TPSA) is 24.9 Å². The van der Waals surface area contributed by atoms with Crippen LogP contribution in [0, 0.1) is 6.92 Å². The molecule has 0 radical (unpaired) electrons. The van der Waals surface area contributed by atoms with Crippen molar-refractivity contribution in [2.45, 2.75) is 32.9 Å². The van der Waals surface area contributed by atoms with Crippen LogP contribution >= 0.6 is 38.9 Å². The van der Waals surface area contributed by atoms with Crippen molar-refractivity contribution < 1.29 is 0 Å². The summed E-state index contributed by atoms with van der Waals surface area (Å²) in [7, 11) is 0. The van der Waals surface area contributed by atoms with Crippen LogP contribution in [0.2, 0.25) is 5.02 Å². The summed E-state index contributed by atoms with van der Waals surface area (Å²) >= 11 is 11.2. The summed E-state index contributed by atoms with van der Waals surface area (Å²) in [6.45, 7) is 6.29. The van der Waals surface area contributed by atoms with E-state index in [0.717, 1.165) is 20.2 Å². The molecule has 0 fully saturated rings. The molecule has 0 spiro atoms. The predicted octanol–water partition coefficient (Wildman–Crippen LogP) is 4.95. The molecule has 19 heavy (non-hydrogen) atoms. The Balaban J connectivity index is 2.39. The van der Waals surface area contributed by atoms with Gasteiger partial charge in [0.1, 0.15) is 5.01 Å². The van der Waals surface area contributed by atoms with Crippen molar-refractivity contribution >= 4 is 38.9 Å². The number of aryl methyl sites for hydroxylation is 1. The van der Waals surface area contributed by atoms with Gasteiger partial charge in [-0.3, -0.25) is 0 Å². The molecule has 1 atom stereocenters. The first-order chi connectivity index (χ1) is 8.97. The summed E-state index contributed by atoms with van der Waals surface area (Å²) in [6, 6.07) is 6.50. The van der Waals surface area contributed by atoms with Gasteiger partial charge in [-0.05, 0) is 54.4 Å². The van der Waals surface area contributed by atoms with Gasteiger partial charge in [0.2, 0.25) is 0 Å². The van der Waals surface area contributed by atoms with E-state index in [1.165, 1.54) is 5.56 Å². The van der Waals surface area contributed by atoms with Crippen LogP contribution in [0.5, 0.6) is 0 Å². The van der Waals surface area contributed by atoms with Crippen molar-refractivity contribution in [3.05, 3.63) is 49.3 Å². The number of nitrogens with one attached hydrogen (secondary N) is 1. The Morgan fingerprint density at radius 1 is 1.37 bits per heavy atom. The fraction of sp³-hybridized carbons (Fsp3) is 0.357. The minimum absolute atomic E-state index is 0.104. The van der Waals surface area contributed by atoms with E-state index < -0.39 is 0 Å². The molecule has 0 aliphatic carbocycles. The lowest BCUT2D eigenvalue weighted by Gasteiger charge is -2.20. The maximum atomic E-state index is 6.06. The number of aromatic nitrogens is 1. The van der Waals surface area contributed by atoms with E-state index in [-0.39, 0.29) is 6.04 Å². The molecular formula is C14H16BrClN2S. The predicted molar refractivity (Wildman–Crippen MR) is 86.1 cm³/mol. The molecule has 102 valence electrons. The summed E-state index contributed by atoms with van der Waals surface area (Å²) in [5.41, 5.74) is 2.22. The second kappa shape index (κ2) is 6.35. The minimum Gasteiger partial charge on any atom is -0.302 e. The summed E-state index contributed by atoms with van der Waals surface area (Å²) in [6.07, 6.45) is 0. The third-order valence-electron chi connectivity index (χ3n) is 2.66. The Kier molecular flexibility index (Phi) is 5.01. The van der Waals surface area contributed by atoms with Crippen LogP contribution in [-0.2, 0) is 0 Å². The zero-order chi connectivity index (χ0) is 14.0. The van der Waals surface area contributed by atoms with Gasteiger partial charge in [0.05, 0.1) is 11.1 Å². The minimum atomic E-state index is 0.104. The van der Waals surface area contributed by atoms with Crippen LogP contribution in [0.15, 0.2) is 28.1 Å². The highest BCUT2D eigenvalue weighted by atomic mass is 79.9. The highest BCUT2D eigenvalue weighted by Crippen LogP contribution is 2.30. The fourth-order valence-electron chi connectivity index (χ4n) is 1.84. The average Bonchev–Trinajstić information content (AvgIpc) is 2.76. The number of rotatable bonds is 4. The summed E-state index contributed by atoms with van der Waals surface area (Å²) in [5.74, 6) is 0. The Hall–Kier alpha value is -0.420. The third-order valence-corrected chi connectivity index (χ3v) is 4.90. The van der Waals surface area contributed by atoms with Crippen LogP contribution in [-0.4, -0.2) is 11.0 Å². The molecule has 1 heterocycles. The first-order valence-corrected chi connectivity index (χ1v) is 8.15. The molecule has 2 rings (SSSR count). The lowest BCUT2D eigenvalue weighted by atomic mass is 10.1. The summed E-state index contributed by atoms with van der Waals surface area (Å²) in [5, 5.41) is 7.44. The SMILES string of the molecule is Cc1csc(C(NC(C)C)c2ccc(Cl)c(Br)c2)n1. The van der Waals surface area contributed by atoms with E-state index >= 15 is 0 Å². The van der Waals surface area contributed by atoms with Crippen LogP contribution in [0.25, 0.3) is 0 Å². The first-order valence-electron chi connectivity index (χ1n) is 6.10. The molecule has 0 amide bonds. The van der Waals surface area contributed by atoms with Gasteiger partial charge in [-0.15, -0.1) is 11.3 Å². The van der Waals surface area contributed by atoms with Gasteiger partial charge in [-0.25, -0.2) is 4.98 Å². The summed E-state index contributed by atoms with van der Waals surface area (Å²) < 4.78 is 0.913. The first kappa shape index (κ1) is 15.0. The fourth-order valence-corrected chi connectivity index (χ4v) is 3.24. The van der Waals surface area contributed by atoms with Crippen LogP contribution in [0.1, 0.15) is 36.2 Å². The molecule has 1 unspecified atom stereocenters. The van der Waals surface area contributed by atoms with Crippen LogP contribution in [0.4, 0.5) is 0 Å². The van der Waals surface area contributed by atoms with Crippen molar-refractivity contribution in [1.29, 1.82) is 0 Å². The standard InChI is InChI=1S/C14H16BrClN2S/c1-8(2)17-13(14-18-9(3)7-19-14)10-4-5-12(16)11(15)6-10/h4-8,13,17H,1-3H3. The maximum Gasteiger partial charge on any atom is 0.114 e.